The summed E-state index contributed by atoms with van der Waals surface area (Å²) in [6.07, 6.45) is 0. The monoisotopic (exact) mass is 716 g/mol. The van der Waals surface area contributed by atoms with Gasteiger partial charge in [0.1, 0.15) is 0 Å². The Bertz CT molecular complexity index is 2830. The van der Waals surface area contributed by atoms with Crippen LogP contribution in [0.25, 0.3) is 69.0 Å². The van der Waals surface area contributed by atoms with Crippen LogP contribution in [-0.2, 0) is 0 Å². The van der Waals surface area contributed by atoms with E-state index in [9.17, 15) is 0 Å². The van der Waals surface area contributed by atoms with E-state index in [1.165, 1.54) is 69.0 Å². The number of aromatic nitrogens is 1. The summed E-state index contributed by atoms with van der Waals surface area (Å²) in [5.41, 5.74) is 11.9. The van der Waals surface area contributed by atoms with Gasteiger partial charge >= 0.3 is 182 Å². The van der Waals surface area contributed by atoms with Crippen LogP contribution in [0.3, 0.4) is 0 Å². The molecule has 0 aliphatic carbocycles. The van der Waals surface area contributed by atoms with Crippen LogP contribution in [0.1, 0.15) is 0 Å². The van der Waals surface area contributed by atoms with E-state index in [1.54, 1.807) is 0 Å². The first-order valence-electron chi connectivity index (χ1n) is 17.3. The van der Waals surface area contributed by atoms with Gasteiger partial charge in [-0.1, -0.05) is 48.5 Å². The Hall–Kier alpha value is -6.12. The van der Waals surface area contributed by atoms with Gasteiger partial charge in [0.05, 0.1) is 11.0 Å². The van der Waals surface area contributed by atoms with E-state index in [-0.39, 0.29) is 0 Å². The number of anilines is 3. The molecular formula is C48H32N2Se. The molecule has 0 aliphatic rings. The number of para-hydroxylation sites is 3. The van der Waals surface area contributed by atoms with E-state index in [4.69, 9.17) is 0 Å². The topological polar surface area (TPSA) is 8.17 Å². The summed E-state index contributed by atoms with van der Waals surface area (Å²) in [4.78, 5) is 2.34. The van der Waals surface area contributed by atoms with Gasteiger partial charge in [0, 0.05) is 16.5 Å². The van der Waals surface area contributed by atoms with Crippen molar-refractivity contribution in [3.63, 3.8) is 0 Å². The molecule has 51 heavy (non-hydrogen) atoms. The zero-order valence-electron chi connectivity index (χ0n) is 27.8. The van der Waals surface area contributed by atoms with Gasteiger partial charge in [-0.15, -0.1) is 0 Å². The molecule has 0 unspecified atom stereocenters. The second-order valence-corrected chi connectivity index (χ2v) is 15.3. The number of hydrogen-bond acceptors (Lipinski definition) is 1. The molecule has 0 N–H and O–H groups in total. The molecule has 8 aromatic carbocycles. The summed E-state index contributed by atoms with van der Waals surface area (Å²) in [6.45, 7) is 0. The van der Waals surface area contributed by atoms with Gasteiger partial charge in [0.25, 0.3) is 0 Å². The molecule has 240 valence electrons. The van der Waals surface area contributed by atoms with Gasteiger partial charge in [-0.2, -0.15) is 0 Å². The van der Waals surface area contributed by atoms with Crippen LogP contribution >= 0.6 is 0 Å². The molecule has 0 saturated carbocycles. The number of fused-ring (bicyclic) bond motifs is 6. The quantitative estimate of drug-likeness (QED) is 0.156. The van der Waals surface area contributed by atoms with Crippen molar-refractivity contribution < 1.29 is 0 Å². The Labute approximate surface area is 302 Å². The predicted octanol–water partition coefficient (Wildman–Crippen LogP) is 13.0. The van der Waals surface area contributed by atoms with Crippen LogP contribution in [0.15, 0.2) is 194 Å². The molecule has 2 heterocycles. The minimum atomic E-state index is 0.385. The molecule has 0 saturated heterocycles. The fourth-order valence-corrected chi connectivity index (χ4v) is 9.82. The Morgan fingerprint density at radius 3 is 1.53 bits per heavy atom. The summed E-state index contributed by atoms with van der Waals surface area (Å²) < 4.78 is 5.32. The van der Waals surface area contributed by atoms with Crippen molar-refractivity contribution in [2.24, 2.45) is 0 Å². The fraction of sp³-hybridized carbons (Fsp3) is 0. The van der Waals surface area contributed by atoms with Crippen LogP contribution < -0.4 is 4.90 Å². The van der Waals surface area contributed by atoms with E-state index < -0.39 is 0 Å². The summed E-state index contributed by atoms with van der Waals surface area (Å²) in [7, 11) is 0. The Morgan fingerprint density at radius 1 is 0.333 bits per heavy atom. The molecule has 0 fully saturated rings. The van der Waals surface area contributed by atoms with Crippen molar-refractivity contribution in [2.45, 2.75) is 0 Å². The molecule has 2 aromatic heterocycles. The van der Waals surface area contributed by atoms with E-state index in [1.807, 2.05) is 0 Å². The molecule has 3 heteroatoms. The molecule has 2 nitrogen and oxygen atoms in total. The summed E-state index contributed by atoms with van der Waals surface area (Å²) in [5.74, 6) is 0. The molecule has 10 rings (SSSR count). The molecule has 0 aliphatic heterocycles. The summed E-state index contributed by atoms with van der Waals surface area (Å²) in [5, 5.41) is 5.30. The van der Waals surface area contributed by atoms with E-state index in [2.05, 4.69) is 204 Å². The van der Waals surface area contributed by atoms with Gasteiger partial charge in [0.15, 0.2) is 0 Å². The van der Waals surface area contributed by atoms with Crippen LogP contribution in [0, 0.1) is 0 Å². The average molecular weight is 716 g/mol. The van der Waals surface area contributed by atoms with Gasteiger partial charge in [0.2, 0.25) is 0 Å². The second-order valence-electron chi connectivity index (χ2n) is 13.0. The molecule has 0 radical (unpaired) electrons. The summed E-state index contributed by atoms with van der Waals surface area (Å²) in [6, 6.07) is 70.7. The van der Waals surface area contributed by atoms with Crippen molar-refractivity contribution in [1.82, 2.24) is 4.57 Å². The Balaban J connectivity index is 1.01. The van der Waals surface area contributed by atoms with Crippen molar-refractivity contribution in [1.29, 1.82) is 0 Å². The first-order valence-corrected chi connectivity index (χ1v) is 19.1. The molecule has 0 bridgehead atoms. The molecule has 0 atom stereocenters. The standard InChI is InChI=1S/C48H32N2Se/c1-3-11-37(12-4-1)49(40-27-21-34(22-28-40)36-24-30-48-44(32-36)42-16-8-10-18-47(42)51-48)39-25-19-33(20-26-39)35-23-29-46-43(31-35)41-15-7-9-17-45(41)50(46)38-13-5-2-6-14-38/h1-32H. The molecule has 0 amide bonds. The normalized spacial score (nSPS) is 11.5. The Kier molecular flexibility index (Phi) is 7.20. The van der Waals surface area contributed by atoms with E-state index >= 15 is 0 Å². The number of benzene rings is 8. The second kappa shape index (κ2) is 12.3. The maximum absolute atomic E-state index is 2.38. The molecule has 0 spiro atoms. The van der Waals surface area contributed by atoms with Gasteiger partial charge in [-0.25, -0.2) is 0 Å². The number of rotatable bonds is 6. The predicted molar refractivity (Wildman–Crippen MR) is 218 cm³/mol. The van der Waals surface area contributed by atoms with E-state index in [0.717, 1.165) is 17.1 Å². The van der Waals surface area contributed by atoms with Crippen molar-refractivity contribution in [3.05, 3.63) is 194 Å². The van der Waals surface area contributed by atoms with Crippen LogP contribution in [0.2, 0.25) is 0 Å². The zero-order valence-corrected chi connectivity index (χ0v) is 29.5. The van der Waals surface area contributed by atoms with E-state index in [0.29, 0.717) is 14.5 Å². The first kappa shape index (κ1) is 29.8. The minimum absolute atomic E-state index is 0.385. The Morgan fingerprint density at radius 2 is 0.824 bits per heavy atom. The van der Waals surface area contributed by atoms with Crippen molar-refractivity contribution in [3.8, 4) is 27.9 Å². The maximum atomic E-state index is 2.38. The zero-order chi connectivity index (χ0) is 33.7. The van der Waals surface area contributed by atoms with Gasteiger partial charge < -0.3 is 4.57 Å². The number of hydrogen-bond donors (Lipinski definition) is 0. The summed E-state index contributed by atoms with van der Waals surface area (Å²) >= 11 is 0.385. The fourth-order valence-electron chi connectivity index (χ4n) is 7.54. The molecule has 10 aromatic rings. The third kappa shape index (κ3) is 5.18. The SMILES string of the molecule is c1ccc(N(c2ccc(-c3ccc4[se]c5ccccc5c4c3)cc2)c2ccc(-c3ccc4c(c3)c3ccccc3n4-c3ccccc3)cc2)cc1. The third-order valence-electron chi connectivity index (χ3n) is 10.00. The van der Waals surface area contributed by atoms with Crippen molar-refractivity contribution in [2.75, 3.05) is 4.90 Å². The first-order chi connectivity index (χ1) is 25.3. The average Bonchev–Trinajstić information content (AvgIpc) is 3.74. The van der Waals surface area contributed by atoms with Crippen molar-refractivity contribution >= 4 is 72.7 Å². The van der Waals surface area contributed by atoms with Gasteiger partial charge in [-0.05, 0) is 41.5 Å². The molecular weight excluding hydrogens is 684 g/mol. The van der Waals surface area contributed by atoms with Crippen LogP contribution in [0.4, 0.5) is 17.1 Å². The van der Waals surface area contributed by atoms with Crippen LogP contribution in [-0.4, -0.2) is 19.1 Å². The van der Waals surface area contributed by atoms with Crippen LogP contribution in [0.5, 0.6) is 0 Å². The number of nitrogens with zero attached hydrogens (tertiary/aromatic N) is 2. The third-order valence-corrected chi connectivity index (χ3v) is 12.4. The van der Waals surface area contributed by atoms with Gasteiger partial charge in [-0.3, -0.25) is 0 Å².